The standard InChI is InChI=1S/C22H29N3O/c1-16-6-5-13-25(15-16)20-12-11-19(14-23-20)24-21(26)17-7-9-18(10-8-17)22(2,3)4/h7-12,14,16H,5-6,13,15H2,1-4H3,(H,24,26). The number of nitrogens with zero attached hydrogens (tertiary/aromatic N) is 2. The lowest BCUT2D eigenvalue weighted by atomic mass is 9.87. The minimum atomic E-state index is -0.105. The Kier molecular flexibility index (Phi) is 5.30. The number of aromatic nitrogens is 1. The van der Waals surface area contributed by atoms with Crippen molar-refractivity contribution in [3.63, 3.8) is 0 Å². The predicted molar refractivity (Wildman–Crippen MR) is 108 cm³/mol. The molecule has 1 aromatic heterocycles. The molecule has 1 atom stereocenters. The Morgan fingerprint density at radius 3 is 2.46 bits per heavy atom. The molecule has 1 fully saturated rings. The Labute approximate surface area is 156 Å². The van der Waals surface area contributed by atoms with Gasteiger partial charge in [0.25, 0.3) is 5.91 Å². The van der Waals surface area contributed by atoms with Crippen molar-refractivity contribution in [1.82, 2.24) is 4.98 Å². The monoisotopic (exact) mass is 351 g/mol. The van der Waals surface area contributed by atoms with Crippen molar-refractivity contribution in [2.75, 3.05) is 23.3 Å². The summed E-state index contributed by atoms with van der Waals surface area (Å²) >= 11 is 0. The molecule has 2 aromatic rings. The summed E-state index contributed by atoms with van der Waals surface area (Å²) < 4.78 is 0. The normalized spacial score (nSPS) is 17.8. The third kappa shape index (κ3) is 4.43. The van der Waals surface area contributed by atoms with Crippen molar-refractivity contribution >= 4 is 17.4 Å². The summed E-state index contributed by atoms with van der Waals surface area (Å²) in [4.78, 5) is 19.3. The molecule has 138 valence electrons. The molecule has 1 amide bonds. The van der Waals surface area contributed by atoms with Crippen LogP contribution in [0.1, 0.15) is 56.5 Å². The van der Waals surface area contributed by atoms with E-state index in [0.717, 1.165) is 24.6 Å². The van der Waals surface area contributed by atoms with Gasteiger partial charge in [0.1, 0.15) is 5.82 Å². The molecule has 1 aliphatic rings. The van der Waals surface area contributed by atoms with Crippen molar-refractivity contribution in [1.29, 1.82) is 0 Å². The lowest BCUT2D eigenvalue weighted by Crippen LogP contribution is -2.34. The first-order valence-electron chi connectivity index (χ1n) is 9.46. The number of pyridine rings is 1. The van der Waals surface area contributed by atoms with Crippen LogP contribution >= 0.6 is 0 Å². The van der Waals surface area contributed by atoms with Gasteiger partial charge in [0.05, 0.1) is 11.9 Å². The van der Waals surface area contributed by atoms with Gasteiger partial charge in [-0.3, -0.25) is 4.79 Å². The van der Waals surface area contributed by atoms with Crippen molar-refractivity contribution in [3.8, 4) is 0 Å². The highest BCUT2D eigenvalue weighted by molar-refractivity contribution is 6.04. The molecule has 1 aromatic carbocycles. The Bertz CT molecular complexity index is 744. The molecule has 0 bridgehead atoms. The number of carbonyl (C=O) groups is 1. The number of rotatable bonds is 3. The average molecular weight is 351 g/mol. The van der Waals surface area contributed by atoms with Crippen LogP contribution in [0.2, 0.25) is 0 Å². The minimum absolute atomic E-state index is 0.0840. The largest absolute Gasteiger partial charge is 0.356 e. The van der Waals surface area contributed by atoms with Crippen LogP contribution in [0.4, 0.5) is 11.5 Å². The zero-order chi connectivity index (χ0) is 18.7. The molecule has 0 radical (unpaired) electrons. The number of hydrogen-bond donors (Lipinski definition) is 1. The number of piperidine rings is 1. The smallest absolute Gasteiger partial charge is 0.255 e. The van der Waals surface area contributed by atoms with E-state index in [2.05, 4.69) is 42.9 Å². The number of carbonyl (C=O) groups excluding carboxylic acids is 1. The lowest BCUT2D eigenvalue weighted by molar-refractivity contribution is 0.102. The van der Waals surface area contributed by atoms with E-state index in [0.29, 0.717) is 11.5 Å². The summed E-state index contributed by atoms with van der Waals surface area (Å²) in [6.07, 6.45) is 4.25. The van der Waals surface area contributed by atoms with Gasteiger partial charge in [-0.15, -0.1) is 0 Å². The SMILES string of the molecule is CC1CCCN(c2ccc(NC(=O)c3ccc(C(C)(C)C)cc3)cn2)C1. The molecule has 1 saturated heterocycles. The van der Waals surface area contributed by atoms with Crippen LogP contribution in [0.15, 0.2) is 42.6 Å². The topological polar surface area (TPSA) is 45.2 Å². The molecule has 26 heavy (non-hydrogen) atoms. The molecule has 1 N–H and O–H groups in total. The van der Waals surface area contributed by atoms with Gasteiger partial charge in [0.15, 0.2) is 0 Å². The molecule has 1 unspecified atom stereocenters. The van der Waals surface area contributed by atoms with Crippen LogP contribution in [-0.4, -0.2) is 24.0 Å². The highest BCUT2D eigenvalue weighted by Gasteiger charge is 2.18. The van der Waals surface area contributed by atoms with Crippen molar-refractivity contribution < 1.29 is 4.79 Å². The summed E-state index contributed by atoms with van der Waals surface area (Å²) in [5.41, 5.74) is 2.69. The summed E-state index contributed by atoms with van der Waals surface area (Å²) in [5, 5.41) is 2.94. The predicted octanol–water partition coefficient (Wildman–Crippen LogP) is 4.87. The molecule has 4 nitrogen and oxygen atoms in total. The zero-order valence-corrected chi connectivity index (χ0v) is 16.2. The second-order valence-electron chi connectivity index (χ2n) is 8.38. The van der Waals surface area contributed by atoms with Gasteiger partial charge in [-0.2, -0.15) is 0 Å². The van der Waals surface area contributed by atoms with Crippen LogP contribution in [-0.2, 0) is 5.41 Å². The van der Waals surface area contributed by atoms with Crippen molar-refractivity contribution in [3.05, 3.63) is 53.7 Å². The van der Waals surface area contributed by atoms with Crippen LogP contribution in [0, 0.1) is 5.92 Å². The third-order valence-electron chi connectivity index (χ3n) is 5.00. The highest BCUT2D eigenvalue weighted by atomic mass is 16.1. The van der Waals surface area contributed by atoms with E-state index in [9.17, 15) is 4.79 Å². The van der Waals surface area contributed by atoms with Crippen LogP contribution in [0.25, 0.3) is 0 Å². The first-order chi connectivity index (χ1) is 12.3. The van der Waals surface area contributed by atoms with Gasteiger partial charge in [-0.05, 0) is 54.0 Å². The zero-order valence-electron chi connectivity index (χ0n) is 16.2. The summed E-state index contributed by atoms with van der Waals surface area (Å²) in [6.45, 7) is 10.9. The summed E-state index contributed by atoms with van der Waals surface area (Å²) in [6, 6.07) is 11.7. The Balaban J connectivity index is 1.64. The van der Waals surface area contributed by atoms with Gasteiger partial charge in [0, 0.05) is 18.7 Å². The number of benzene rings is 1. The molecule has 4 heteroatoms. The van der Waals surface area contributed by atoms with Gasteiger partial charge in [-0.25, -0.2) is 4.98 Å². The highest BCUT2D eigenvalue weighted by Crippen LogP contribution is 2.24. The fourth-order valence-electron chi connectivity index (χ4n) is 3.37. The third-order valence-corrected chi connectivity index (χ3v) is 5.00. The van der Waals surface area contributed by atoms with E-state index in [-0.39, 0.29) is 11.3 Å². The van der Waals surface area contributed by atoms with Gasteiger partial charge < -0.3 is 10.2 Å². The second kappa shape index (κ2) is 7.48. The quantitative estimate of drug-likeness (QED) is 0.858. The molecular formula is C22H29N3O. The van der Waals surface area contributed by atoms with Crippen LogP contribution < -0.4 is 10.2 Å². The second-order valence-corrected chi connectivity index (χ2v) is 8.38. The first-order valence-corrected chi connectivity index (χ1v) is 9.46. The maximum atomic E-state index is 12.5. The number of hydrogen-bond acceptors (Lipinski definition) is 3. The molecule has 0 saturated carbocycles. The van der Waals surface area contributed by atoms with E-state index in [1.165, 1.54) is 18.4 Å². The van der Waals surface area contributed by atoms with Crippen molar-refractivity contribution in [2.24, 2.45) is 5.92 Å². The van der Waals surface area contributed by atoms with Gasteiger partial charge in [0.2, 0.25) is 0 Å². The maximum absolute atomic E-state index is 12.5. The lowest BCUT2D eigenvalue weighted by Gasteiger charge is -2.31. The van der Waals surface area contributed by atoms with E-state index in [4.69, 9.17) is 0 Å². The van der Waals surface area contributed by atoms with E-state index in [1.807, 2.05) is 36.4 Å². The first kappa shape index (κ1) is 18.4. The number of nitrogens with one attached hydrogen (secondary N) is 1. The van der Waals surface area contributed by atoms with Crippen LogP contribution in [0.3, 0.4) is 0 Å². The van der Waals surface area contributed by atoms with E-state index >= 15 is 0 Å². The molecule has 0 spiro atoms. The Hall–Kier alpha value is -2.36. The Morgan fingerprint density at radius 1 is 1.15 bits per heavy atom. The number of amides is 1. The molecular weight excluding hydrogens is 322 g/mol. The fraction of sp³-hybridized carbons (Fsp3) is 0.455. The summed E-state index contributed by atoms with van der Waals surface area (Å²) in [7, 11) is 0. The van der Waals surface area contributed by atoms with Crippen LogP contribution in [0.5, 0.6) is 0 Å². The average Bonchev–Trinajstić information content (AvgIpc) is 2.62. The molecule has 1 aliphatic heterocycles. The van der Waals surface area contributed by atoms with Gasteiger partial charge >= 0.3 is 0 Å². The summed E-state index contributed by atoms with van der Waals surface area (Å²) in [5.74, 6) is 1.59. The minimum Gasteiger partial charge on any atom is -0.356 e. The number of anilines is 2. The molecule has 3 rings (SSSR count). The fourth-order valence-corrected chi connectivity index (χ4v) is 3.37. The maximum Gasteiger partial charge on any atom is 0.255 e. The van der Waals surface area contributed by atoms with Gasteiger partial charge in [-0.1, -0.05) is 39.8 Å². The Morgan fingerprint density at radius 2 is 1.88 bits per heavy atom. The molecule has 2 heterocycles. The molecule has 0 aliphatic carbocycles. The van der Waals surface area contributed by atoms with Crippen molar-refractivity contribution in [2.45, 2.75) is 46.0 Å². The van der Waals surface area contributed by atoms with E-state index in [1.54, 1.807) is 6.20 Å². The van der Waals surface area contributed by atoms with E-state index < -0.39 is 0 Å².